The van der Waals surface area contributed by atoms with Crippen LogP contribution in [0.4, 0.5) is 0 Å². The molecule has 0 spiro atoms. The topological polar surface area (TPSA) is 80.7 Å². The number of aliphatic hydroxyl groups is 1. The molecular formula is C25H34O5. The fourth-order valence-corrected chi connectivity index (χ4v) is 5.68. The van der Waals surface area contributed by atoms with Crippen molar-refractivity contribution in [2.45, 2.75) is 78.4 Å². The molecule has 5 heteroatoms. The molecule has 1 fully saturated rings. The Morgan fingerprint density at radius 2 is 1.93 bits per heavy atom. The molecule has 2 bridgehead atoms. The van der Waals surface area contributed by atoms with E-state index in [1.807, 2.05) is 13.0 Å². The number of allylic oxidation sites excluding steroid dienone is 2. The van der Waals surface area contributed by atoms with Crippen LogP contribution in [0.1, 0.15) is 66.2 Å². The fourth-order valence-electron chi connectivity index (χ4n) is 5.68. The van der Waals surface area contributed by atoms with Crippen LogP contribution in [0.25, 0.3) is 0 Å². The smallest absolute Gasteiger partial charge is 0.310 e. The van der Waals surface area contributed by atoms with Crippen LogP contribution in [-0.2, 0) is 19.1 Å². The van der Waals surface area contributed by atoms with Crippen LogP contribution in [0.15, 0.2) is 36.0 Å². The highest BCUT2D eigenvalue weighted by Gasteiger charge is 2.56. The Morgan fingerprint density at radius 1 is 1.27 bits per heavy atom. The molecular weight excluding hydrogens is 380 g/mol. The minimum atomic E-state index is -0.942. The van der Waals surface area contributed by atoms with Crippen LogP contribution in [0.5, 0.6) is 0 Å². The third-order valence-corrected chi connectivity index (χ3v) is 7.60. The summed E-state index contributed by atoms with van der Waals surface area (Å²) in [7, 11) is 0. The molecule has 0 saturated heterocycles. The van der Waals surface area contributed by atoms with Crippen LogP contribution in [0.3, 0.4) is 0 Å². The van der Waals surface area contributed by atoms with E-state index < -0.39 is 23.6 Å². The molecule has 0 aromatic heterocycles. The fraction of sp³-hybridized carbons (Fsp3) is 0.640. The molecule has 1 N–H and O–H groups in total. The lowest BCUT2D eigenvalue weighted by molar-refractivity contribution is -0.161. The summed E-state index contributed by atoms with van der Waals surface area (Å²) in [6.07, 6.45) is 2.83. The average Bonchev–Trinajstić information content (AvgIpc) is 2.92. The molecule has 0 radical (unpaired) electrons. The number of hydrogen-bond donors (Lipinski definition) is 1. The van der Waals surface area contributed by atoms with Gasteiger partial charge in [0.25, 0.3) is 0 Å². The summed E-state index contributed by atoms with van der Waals surface area (Å²) in [5, 5.41) is 10.9. The Bertz CT molecular complexity index is 832. The number of ether oxygens (including phenoxy) is 1. The van der Waals surface area contributed by atoms with E-state index in [2.05, 4.69) is 27.0 Å². The van der Waals surface area contributed by atoms with Gasteiger partial charge in [-0.3, -0.25) is 14.4 Å². The van der Waals surface area contributed by atoms with E-state index in [0.717, 1.165) is 6.42 Å². The Kier molecular flexibility index (Phi) is 5.98. The predicted molar refractivity (Wildman–Crippen MR) is 115 cm³/mol. The van der Waals surface area contributed by atoms with Gasteiger partial charge in [0, 0.05) is 17.9 Å². The van der Waals surface area contributed by atoms with Crippen LogP contribution < -0.4 is 0 Å². The Labute approximate surface area is 179 Å². The van der Waals surface area contributed by atoms with Gasteiger partial charge in [0.2, 0.25) is 0 Å². The second-order valence-corrected chi connectivity index (χ2v) is 10.3. The molecule has 0 aromatic carbocycles. The van der Waals surface area contributed by atoms with Crippen molar-refractivity contribution in [1.82, 2.24) is 0 Å². The van der Waals surface area contributed by atoms with Gasteiger partial charge >= 0.3 is 5.97 Å². The highest BCUT2D eigenvalue weighted by molar-refractivity contribution is 6.12. The second kappa shape index (κ2) is 7.92. The number of hydrogen-bond acceptors (Lipinski definition) is 5. The molecule has 30 heavy (non-hydrogen) atoms. The quantitative estimate of drug-likeness (QED) is 0.427. The number of ketones is 2. The highest BCUT2D eigenvalue weighted by Crippen LogP contribution is 2.55. The molecule has 3 aliphatic rings. The Hall–Kier alpha value is -2.01. The van der Waals surface area contributed by atoms with Crippen molar-refractivity contribution in [1.29, 1.82) is 0 Å². The monoisotopic (exact) mass is 414 g/mol. The first-order valence-electron chi connectivity index (χ1n) is 10.9. The maximum Gasteiger partial charge on any atom is 0.310 e. The lowest BCUT2D eigenvalue weighted by Gasteiger charge is -2.53. The molecule has 3 rings (SSSR count). The predicted octanol–water partition coefficient (Wildman–Crippen LogP) is 4.10. The van der Waals surface area contributed by atoms with E-state index in [0.29, 0.717) is 42.4 Å². The van der Waals surface area contributed by atoms with Gasteiger partial charge < -0.3 is 9.84 Å². The minimum absolute atomic E-state index is 0.0174. The van der Waals surface area contributed by atoms with E-state index in [-0.39, 0.29) is 35.2 Å². The summed E-state index contributed by atoms with van der Waals surface area (Å²) in [5.74, 6) is -1.06. The number of Topliss-reactive ketones (excluding diaryl/α,β-unsaturated/α-hetero) is 2. The number of carbonyl (C=O) groups excluding carboxylic acids is 3. The third kappa shape index (κ3) is 3.84. The zero-order chi connectivity index (χ0) is 22.4. The molecule has 1 saturated carbocycles. The summed E-state index contributed by atoms with van der Waals surface area (Å²) in [4.78, 5) is 38.9. The van der Waals surface area contributed by atoms with E-state index >= 15 is 0 Å². The standard InChI is InChI=1S/C25H34O5/c1-14(2)11-22(28)30-18-13-19-24(4,5)10-9-21(27)25(19,6)20(26)8-7-16-12-17(18)23(29)15(16)3/h12,16,18-19,21,27H,1,3,7-11,13H2,2,4-6H3/t16-,18-,19-,21-,25-/m1/s1. The molecule has 5 atom stereocenters. The zero-order valence-corrected chi connectivity index (χ0v) is 18.6. The van der Waals surface area contributed by atoms with Crippen molar-refractivity contribution in [3.63, 3.8) is 0 Å². The zero-order valence-electron chi connectivity index (χ0n) is 18.6. The average molecular weight is 415 g/mol. The summed E-state index contributed by atoms with van der Waals surface area (Å²) in [6, 6.07) is 0. The Balaban J connectivity index is 2.07. The Morgan fingerprint density at radius 3 is 2.57 bits per heavy atom. The van der Waals surface area contributed by atoms with E-state index in [1.54, 1.807) is 6.92 Å². The minimum Gasteiger partial charge on any atom is -0.457 e. The summed E-state index contributed by atoms with van der Waals surface area (Å²) in [6.45, 7) is 15.5. The number of fused-ring (bicyclic) bond motifs is 2. The number of rotatable bonds is 3. The van der Waals surface area contributed by atoms with Crippen molar-refractivity contribution in [2.24, 2.45) is 22.7 Å². The maximum atomic E-state index is 13.4. The largest absolute Gasteiger partial charge is 0.457 e. The van der Waals surface area contributed by atoms with Crippen LogP contribution >= 0.6 is 0 Å². The lowest BCUT2D eigenvalue weighted by Crippen LogP contribution is -2.56. The molecule has 0 unspecified atom stereocenters. The van der Waals surface area contributed by atoms with Gasteiger partial charge in [0.05, 0.1) is 17.9 Å². The van der Waals surface area contributed by atoms with Crippen molar-refractivity contribution in [2.75, 3.05) is 0 Å². The molecule has 0 aliphatic heterocycles. The van der Waals surface area contributed by atoms with Gasteiger partial charge in [0.1, 0.15) is 11.9 Å². The van der Waals surface area contributed by atoms with Crippen LogP contribution in [-0.4, -0.2) is 34.9 Å². The van der Waals surface area contributed by atoms with Gasteiger partial charge in [0.15, 0.2) is 5.78 Å². The van der Waals surface area contributed by atoms with E-state index in [9.17, 15) is 19.5 Å². The summed E-state index contributed by atoms with van der Waals surface area (Å²) >= 11 is 0. The van der Waals surface area contributed by atoms with Crippen molar-refractivity contribution < 1.29 is 24.2 Å². The van der Waals surface area contributed by atoms with E-state index in [4.69, 9.17) is 4.74 Å². The van der Waals surface area contributed by atoms with E-state index in [1.165, 1.54) is 0 Å². The summed E-state index contributed by atoms with van der Waals surface area (Å²) in [5.41, 5.74) is 0.409. The molecule has 5 nitrogen and oxygen atoms in total. The molecule has 0 amide bonds. The molecule has 3 aliphatic carbocycles. The first-order chi connectivity index (χ1) is 13.9. The number of carbonyl (C=O) groups is 3. The summed E-state index contributed by atoms with van der Waals surface area (Å²) < 4.78 is 5.82. The maximum absolute atomic E-state index is 13.4. The normalized spacial score (nSPS) is 36.0. The molecule has 0 aromatic rings. The second-order valence-electron chi connectivity index (χ2n) is 10.3. The van der Waals surface area contributed by atoms with Crippen molar-refractivity contribution in [3.05, 3.63) is 36.0 Å². The first kappa shape index (κ1) is 22.7. The van der Waals surface area contributed by atoms with Gasteiger partial charge in [-0.25, -0.2) is 0 Å². The number of esters is 1. The van der Waals surface area contributed by atoms with Gasteiger partial charge in [-0.2, -0.15) is 0 Å². The molecule has 164 valence electrons. The number of aliphatic hydroxyl groups excluding tert-OH is 1. The third-order valence-electron chi connectivity index (χ3n) is 7.60. The highest BCUT2D eigenvalue weighted by atomic mass is 16.5. The van der Waals surface area contributed by atoms with Crippen LogP contribution in [0.2, 0.25) is 0 Å². The first-order valence-corrected chi connectivity index (χ1v) is 10.9. The van der Waals surface area contributed by atoms with Gasteiger partial charge in [-0.05, 0) is 56.4 Å². The molecule has 0 heterocycles. The van der Waals surface area contributed by atoms with Crippen molar-refractivity contribution in [3.8, 4) is 0 Å². The van der Waals surface area contributed by atoms with Gasteiger partial charge in [-0.15, -0.1) is 0 Å². The van der Waals surface area contributed by atoms with Crippen molar-refractivity contribution >= 4 is 17.5 Å². The lowest BCUT2D eigenvalue weighted by atomic mass is 9.52. The van der Waals surface area contributed by atoms with Crippen LogP contribution in [0, 0.1) is 22.7 Å². The SMILES string of the molecule is C=C(C)CC(=O)O[C@@H]1C[C@@H]2C(C)(C)CC[C@@H](O)[C@@]2(C)C(=O)CC[C@@H]2C=C1C(=O)C2=C. The van der Waals surface area contributed by atoms with Gasteiger partial charge in [-0.1, -0.05) is 38.7 Å².